The molecule has 6 nitrogen and oxygen atoms in total. The molecular formula is C24H20N4O2. The molecule has 0 bridgehead atoms. The first kappa shape index (κ1) is 19.1. The van der Waals surface area contributed by atoms with Crippen molar-refractivity contribution in [3.63, 3.8) is 0 Å². The molecule has 2 aromatic carbocycles. The molecule has 0 aliphatic rings. The van der Waals surface area contributed by atoms with Crippen LogP contribution in [0.3, 0.4) is 0 Å². The van der Waals surface area contributed by atoms with Gasteiger partial charge in [-0.3, -0.25) is 14.8 Å². The highest BCUT2D eigenvalue weighted by atomic mass is 16.5. The maximum atomic E-state index is 12.8. The number of ether oxygens (including phenoxy) is 1. The van der Waals surface area contributed by atoms with E-state index in [0.717, 1.165) is 28.3 Å². The summed E-state index contributed by atoms with van der Waals surface area (Å²) in [7, 11) is 1.63. The quantitative estimate of drug-likeness (QED) is 0.362. The van der Waals surface area contributed by atoms with Crippen LogP contribution in [0.15, 0.2) is 85.3 Å². The van der Waals surface area contributed by atoms with Gasteiger partial charge in [0.1, 0.15) is 11.4 Å². The Morgan fingerprint density at radius 1 is 0.967 bits per heavy atom. The number of nitrogens with one attached hydrogen (secondary N) is 1. The van der Waals surface area contributed by atoms with Crippen molar-refractivity contribution < 1.29 is 9.53 Å². The first-order valence-electron chi connectivity index (χ1n) is 9.36. The molecule has 0 fully saturated rings. The zero-order chi connectivity index (χ0) is 20.9. The minimum atomic E-state index is -0.213. The van der Waals surface area contributed by atoms with E-state index in [2.05, 4.69) is 15.3 Å². The van der Waals surface area contributed by atoms with Gasteiger partial charge >= 0.3 is 0 Å². The molecule has 0 aliphatic heterocycles. The lowest BCUT2D eigenvalue weighted by Gasteiger charge is -2.12. The molecule has 0 spiro atoms. The molecule has 0 radical (unpaired) electrons. The number of benzene rings is 2. The molecule has 0 saturated carbocycles. The SMILES string of the molecule is COc1ccc(Nc2cncc(-c3cccc(C(=O)c4ccccn4)c3N)c2)cc1. The van der Waals surface area contributed by atoms with E-state index in [-0.39, 0.29) is 5.78 Å². The Bertz CT molecular complexity index is 1180. The van der Waals surface area contributed by atoms with Gasteiger partial charge in [-0.15, -0.1) is 0 Å². The van der Waals surface area contributed by atoms with Gasteiger partial charge in [0, 0.05) is 34.8 Å². The Labute approximate surface area is 174 Å². The van der Waals surface area contributed by atoms with Gasteiger partial charge in [0.25, 0.3) is 0 Å². The molecule has 6 heteroatoms. The highest BCUT2D eigenvalue weighted by Crippen LogP contribution is 2.31. The van der Waals surface area contributed by atoms with E-state index in [1.54, 1.807) is 50.0 Å². The first-order valence-corrected chi connectivity index (χ1v) is 9.36. The second-order valence-electron chi connectivity index (χ2n) is 6.63. The van der Waals surface area contributed by atoms with Crippen LogP contribution >= 0.6 is 0 Å². The van der Waals surface area contributed by atoms with Gasteiger partial charge in [-0.05, 0) is 48.5 Å². The average molecular weight is 396 g/mol. The minimum absolute atomic E-state index is 0.213. The predicted molar refractivity (Wildman–Crippen MR) is 118 cm³/mol. The minimum Gasteiger partial charge on any atom is -0.497 e. The van der Waals surface area contributed by atoms with Crippen LogP contribution in [0.5, 0.6) is 5.75 Å². The molecule has 4 rings (SSSR count). The number of carbonyl (C=O) groups is 1. The van der Waals surface area contributed by atoms with Crippen molar-refractivity contribution in [3.05, 3.63) is 96.6 Å². The fourth-order valence-electron chi connectivity index (χ4n) is 3.15. The molecule has 4 aromatic rings. The van der Waals surface area contributed by atoms with Crippen LogP contribution in [0.1, 0.15) is 16.1 Å². The number of nitrogens with two attached hydrogens (primary N) is 1. The summed E-state index contributed by atoms with van der Waals surface area (Å²) in [6.07, 6.45) is 5.04. The molecule has 2 heterocycles. The maximum Gasteiger partial charge on any atom is 0.213 e. The summed E-state index contributed by atoms with van der Waals surface area (Å²) in [5, 5.41) is 3.31. The smallest absolute Gasteiger partial charge is 0.213 e. The van der Waals surface area contributed by atoms with Crippen molar-refractivity contribution in [2.24, 2.45) is 0 Å². The van der Waals surface area contributed by atoms with E-state index in [9.17, 15) is 4.79 Å². The van der Waals surface area contributed by atoms with E-state index >= 15 is 0 Å². The van der Waals surface area contributed by atoms with E-state index in [0.29, 0.717) is 16.9 Å². The number of hydrogen-bond donors (Lipinski definition) is 2. The fourth-order valence-corrected chi connectivity index (χ4v) is 3.15. The summed E-state index contributed by atoms with van der Waals surface area (Å²) in [6, 6.07) is 20.2. The lowest BCUT2D eigenvalue weighted by Crippen LogP contribution is -2.08. The van der Waals surface area contributed by atoms with E-state index in [4.69, 9.17) is 10.5 Å². The Balaban J connectivity index is 1.64. The molecule has 0 amide bonds. The van der Waals surface area contributed by atoms with E-state index in [1.807, 2.05) is 42.5 Å². The molecule has 148 valence electrons. The topological polar surface area (TPSA) is 90.1 Å². The molecule has 30 heavy (non-hydrogen) atoms. The molecular weight excluding hydrogens is 376 g/mol. The fraction of sp³-hybridized carbons (Fsp3) is 0.0417. The van der Waals surface area contributed by atoms with Crippen molar-refractivity contribution in [2.45, 2.75) is 0 Å². The molecule has 0 saturated heterocycles. The summed E-state index contributed by atoms with van der Waals surface area (Å²) >= 11 is 0. The van der Waals surface area contributed by atoms with Gasteiger partial charge in [-0.1, -0.05) is 18.2 Å². The molecule has 0 unspecified atom stereocenters. The van der Waals surface area contributed by atoms with Crippen LogP contribution in [-0.4, -0.2) is 22.9 Å². The standard InChI is InChI=1S/C24H20N4O2/c1-30-19-10-8-17(9-11-19)28-18-13-16(14-26-15-18)20-5-4-6-21(23(20)25)24(29)22-7-2-3-12-27-22/h2-15,28H,25H2,1H3. The third-order valence-corrected chi connectivity index (χ3v) is 4.68. The van der Waals surface area contributed by atoms with Gasteiger partial charge in [0.2, 0.25) is 5.78 Å². The van der Waals surface area contributed by atoms with Crippen molar-refractivity contribution in [3.8, 4) is 16.9 Å². The number of pyridine rings is 2. The number of anilines is 3. The number of para-hydroxylation sites is 1. The third kappa shape index (κ3) is 3.98. The van der Waals surface area contributed by atoms with Crippen LogP contribution in [0.4, 0.5) is 17.1 Å². The van der Waals surface area contributed by atoms with Gasteiger partial charge in [-0.2, -0.15) is 0 Å². The zero-order valence-corrected chi connectivity index (χ0v) is 16.4. The summed E-state index contributed by atoms with van der Waals surface area (Å²) < 4.78 is 5.19. The molecule has 0 atom stereocenters. The number of hydrogen-bond acceptors (Lipinski definition) is 6. The van der Waals surface area contributed by atoms with Crippen molar-refractivity contribution in [1.82, 2.24) is 9.97 Å². The molecule has 3 N–H and O–H groups in total. The number of rotatable bonds is 6. The Morgan fingerprint density at radius 3 is 2.53 bits per heavy atom. The Kier molecular flexibility index (Phi) is 5.39. The number of nitrogens with zero attached hydrogens (tertiary/aromatic N) is 2. The van der Waals surface area contributed by atoms with E-state index in [1.165, 1.54) is 0 Å². The van der Waals surface area contributed by atoms with Crippen molar-refractivity contribution in [1.29, 1.82) is 0 Å². The first-order chi connectivity index (χ1) is 14.7. The number of ketones is 1. The highest BCUT2D eigenvalue weighted by molar-refractivity contribution is 6.12. The number of nitrogen functional groups attached to an aromatic ring is 1. The van der Waals surface area contributed by atoms with Crippen molar-refractivity contribution in [2.75, 3.05) is 18.2 Å². The van der Waals surface area contributed by atoms with Crippen LogP contribution in [0, 0.1) is 0 Å². The van der Waals surface area contributed by atoms with Crippen LogP contribution in [0.2, 0.25) is 0 Å². The summed E-state index contributed by atoms with van der Waals surface area (Å²) in [6.45, 7) is 0. The number of carbonyl (C=O) groups excluding carboxylic acids is 1. The number of aromatic nitrogens is 2. The zero-order valence-electron chi connectivity index (χ0n) is 16.4. The lowest BCUT2D eigenvalue weighted by atomic mass is 9.98. The van der Waals surface area contributed by atoms with E-state index < -0.39 is 0 Å². The average Bonchev–Trinajstić information content (AvgIpc) is 2.80. The van der Waals surface area contributed by atoms with Gasteiger partial charge < -0.3 is 15.8 Å². The lowest BCUT2D eigenvalue weighted by molar-refractivity contribution is 0.103. The summed E-state index contributed by atoms with van der Waals surface area (Å²) in [5.41, 5.74) is 10.8. The maximum absolute atomic E-state index is 12.8. The Hall–Kier alpha value is -4.19. The predicted octanol–water partition coefficient (Wildman–Crippen LogP) is 4.71. The normalized spacial score (nSPS) is 10.4. The summed E-state index contributed by atoms with van der Waals surface area (Å²) in [4.78, 5) is 21.3. The number of methoxy groups -OCH3 is 1. The van der Waals surface area contributed by atoms with Crippen molar-refractivity contribution >= 4 is 22.8 Å². The second kappa shape index (κ2) is 8.45. The second-order valence-corrected chi connectivity index (χ2v) is 6.63. The largest absolute Gasteiger partial charge is 0.497 e. The van der Waals surface area contributed by atoms with Gasteiger partial charge in [0.05, 0.1) is 24.7 Å². The van der Waals surface area contributed by atoms with Gasteiger partial charge in [0.15, 0.2) is 0 Å². The monoisotopic (exact) mass is 396 g/mol. The molecule has 2 aromatic heterocycles. The van der Waals surface area contributed by atoms with Crippen LogP contribution in [0.25, 0.3) is 11.1 Å². The summed E-state index contributed by atoms with van der Waals surface area (Å²) in [5.74, 6) is 0.574. The highest BCUT2D eigenvalue weighted by Gasteiger charge is 2.16. The van der Waals surface area contributed by atoms with Crippen LogP contribution in [-0.2, 0) is 0 Å². The third-order valence-electron chi connectivity index (χ3n) is 4.68. The Morgan fingerprint density at radius 2 is 1.80 bits per heavy atom. The molecule has 0 aliphatic carbocycles. The van der Waals surface area contributed by atoms with Gasteiger partial charge in [-0.25, -0.2) is 0 Å². The van der Waals surface area contributed by atoms with Crippen LogP contribution < -0.4 is 15.8 Å².